The van der Waals surface area contributed by atoms with Crippen molar-refractivity contribution in [3.63, 3.8) is 0 Å². The van der Waals surface area contributed by atoms with E-state index >= 15 is 0 Å². The van der Waals surface area contributed by atoms with Crippen LogP contribution in [0.1, 0.15) is 23.3 Å². The van der Waals surface area contributed by atoms with Crippen LogP contribution in [-0.2, 0) is 0 Å². The number of benzene rings is 1. The van der Waals surface area contributed by atoms with Gasteiger partial charge in [-0.25, -0.2) is 9.49 Å². The number of amides is 1. The van der Waals surface area contributed by atoms with Gasteiger partial charge in [-0.15, -0.1) is 0 Å². The zero-order valence-electron chi connectivity index (χ0n) is 13.1. The summed E-state index contributed by atoms with van der Waals surface area (Å²) in [5, 5.41) is 9.14. The number of aromatic nitrogens is 2. The van der Waals surface area contributed by atoms with Gasteiger partial charge in [0.25, 0.3) is 11.5 Å². The van der Waals surface area contributed by atoms with Crippen LogP contribution < -0.4 is 21.3 Å². The lowest BCUT2D eigenvalue weighted by Crippen LogP contribution is -2.35. The van der Waals surface area contributed by atoms with E-state index < -0.39 is 17.3 Å². The number of nitrogens with one attached hydrogen (secondary N) is 2. The largest absolute Gasteiger partial charge is 0.487 e. The van der Waals surface area contributed by atoms with E-state index in [1.807, 2.05) is 0 Å². The number of ether oxygens (including phenoxy) is 1. The number of H-pyrrole nitrogens is 1. The van der Waals surface area contributed by atoms with E-state index in [2.05, 4.69) is 31.4 Å². The van der Waals surface area contributed by atoms with E-state index in [-0.39, 0.29) is 33.1 Å². The molecule has 1 amide bonds. The Morgan fingerprint density at radius 3 is 2.72 bits per heavy atom. The molecule has 0 spiro atoms. The molecule has 0 unspecified atom stereocenters. The highest BCUT2D eigenvalue weighted by molar-refractivity contribution is 9.10. The highest BCUT2D eigenvalue weighted by Crippen LogP contribution is 2.32. The number of piperidine rings is 1. The van der Waals surface area contributed by atoms with Gasteiger partial charge in [0.1, 0.15) is 11.9 Å². The van der Waals surface area contributed by atoms with Crippen molar-refractivity contribution in [1.29, 1.82) is 0 Å². The average molecular weight is 411 g/mol. The van der Waals surface area contributed by atoms with Gasteiger partial charge in [0, 0.05) is 0 Å². The maximum atomic E-state index is 13.9. The van der Waals surface area contributed by atoms with E-state index in [4.69, 9.17) is 10.5 Å². The van der Waals surface area contributed by atoms with Crippen LogP contribution in [0.5, 0.6) is 5.75 Å². The van der Waals surface area contributed by atoms with Crippen LogP contribution in [-0.4, -0.2) is 35.3 Å². The number of primary amides is 1. The molecule has 0 radical (unpaired) electrons. The lowest BCUT2D eigenvalue weighted by atomic mass is 10.0. The molecule has 2 heterocycles. The van der Waals surface area contributed by atoms with Gasteiger partial charge in [0.2, 0.25) is 0 Å². The second-order valence-electron chi connectivity index (χ2n) is 5.67. The normalized spacial score (nSPS) is 15.1. The molecule has 132 valence electrons. The van der Waals surface area contributed by atoms with Crippen LogP contribution in [0, 0.1) is 5.82 Å². The maximum Gasteiger partial charge on any atom is 0.275 e. The summed E-state index contributed by atoms with van der Waals surface area (Å²) in [7, 11) is 0. The van der Waals surface area contributed by atoms with Crippen molar-refractivity contribution in [2.75, 3.05) is 13.1 Å². The number of hydrogen-bond donors (Lipinski definition) is 3. The van der Waals surface area contributed by atoms with Crippen molar-refractivity contribution in [2.45, 2.75) is 18.9 Å². The number of hydrogen-bond acceptors (Lipinski definition) is 5. The third-order valence-electron chi connectivity index (χ3n) is 3.95. The first-order valence-electron chi connectivity index (χ1n) is 7.72. The third kappa shape index (κ3) is 3.72. The fraction of sp³-hybridized carbons (Fsp3) is 0.312. The van der Waals surface area contributed by atoms with Gasteiger partial charge in [-0.3, -0.25) is 9.59 Å². The van der Waals surface area contributed by atoms with Gasteiger partial charge in [-0.2, -0.15) is 5.10 Å². The van der Waals surface area contributed by atoms with E-state index in [1.54, 1.807) is 6.07 Å². The summed E-state index contributed by atoms with van der Waals surface area (Å²) in [6.45, 7) is 1.52. The van der Waals surface area contributed by atoms with Crippen LogP contribution in [0.15, 0.2) is 27.5 Å². The van der Waals surface area contributed by atoms with Crippen molar-refractivity contribution in [3.8, 4) is 16.9 Å². The number of nitrogens with zero attached hydrogens (tertiary/aromatic N) is 1. The molecule has 1 fully saturated rings. The van der Waals surface area contributed by atoms with Crippen LogP contribution in [0.3, 0.4) is 0 Å². The molecule has 4 N–H and O–H groups in total. The molecular weight excluding hydrogens is 395 g/mol. The zero-order valence-corrected chi connectivity index (χ0v) is 14.7. The molecular formula is C16H16BrFN4O3. The lowest BCUT2D eigenvalue weighted by Gasteiger charge is -2.25. The van der Waals surface area contributed by atoms with Crippen molar-refractivity contribution in [1.82, 2.24) is 15.5 Å². The first-order chi connectivity index (χ1) is 12.0. The topological polar surface area (TPSA) is 110 Å². The van der Waals surface area contributed by atoms with Crippen molar-refractivity contribution < 1.29 is 13.9 Å². The molecule has 2 aromatic rings. The number of nitrogens with two attached hydrogens (primary N) is 1. The first kappa shape index (κ1) is 17.6. The molecule has 0 bridgehead atoms. The number of carbonyl (C=O) groups is 1. The minimum absolute atomic E-state index is 0.00938. The maximum absolute atomic E-state index is 13.9. The number of aromatic amines is 1. The summed E-state index contributed by atoms with van der Waals surface area (Å²) < 4.78 is 20.1. The van der Waals surface area contributed by atoms with Crippen molar-refractivity contribution >= 4 is 21.8 Å². The molecule has 9 heteroatoms. The number of carbonyl (C=O) groups excluding carboxylic acids is 1. The predicted octanol–water partition coefficient (Wildman–Crippen LogP) is 1.57. The SMILES string of the molecule is NC(=O)c1n[nH]c(=O)c(-c2ccc(Br)c(F)c2)c1OC1CCNCC1. The number of halogens is 2. The molecule has 1 aromatic carbocycles. The van der Waals surface area contributed by atoms with Gasteiger partial charge in [-0.1, -0.05) is 6.07 Å². The van der Waals surface area contributed by atoms with Gasteiger partial charge in [0.15, 0.2) is 11.4 Å². The highest BCUT2D eigenvalue weighted by atomic mass is 79.9. The third-order valence-corrected chi connectivity index (χ3v) is 4.59. The average Bonchev–Trinajstić information content (AvgIpc) is 2.58. The van der Waals surface area contributed by atoms with Crippen molar-refractivity contribution in [3.05, 3.63) is 44.5 Å². The quantitative estimate of drug-likeness (QED) is 0.708. The van der Waals surface area contributed by atoms with Gasteiger partial charge in [0.05, 0.1) is 10.0 Å². The summed E-state index contributed by atoms with van der Waals surface area (Å²) >= 11 is 3.07. The standard InChI is InChI=1S/C16H16BrFN4O3/c17-10-2-1-8(7-11(10)18)12-14(25-9-3-5-20-6-4-9)13(15(19)23)21-22-16(12)24/h1-2,7,9,20H,3-6H2,(H2,19,23)(H,22,24). The van der Waals surface area contributed by atoms with E-state index in [0.29, 0.717) is 12.8 Å². The highest BCUT2D eigenvalue weighted by Gasteiger charge is 2.25. The Bertz CT molecular complexity index is 865. The van der Waals surface area contributed by atoms with Gasteiger partial charge in [-0.05, 0) is 59.6 Å². The van der Waals surface area contributed by atoms with Crippen LogP contribution >= 0.6 is 15.9 Å². The molecule has 1 aliphatic rings. The summed E-state index contributed by atoms with van der Waals surface area (Å²) in [5.74, 6) is -1.38. The Morgan fingerprint density at radius 2 is 2.08 bits per heavy atom. The second-order valence-corrected chi connectivity index (χ2v) is 6.52. The monoisotopic (exact) mass is 410 g/mol. The summed E-state index contributed by atoms with van der Waals surface area (Å²) in [4.78, 5) is 24.1. The minimum Gasteiger partial charge on any atom is -0.487 e. The molecule has 1 saturated heterocycles. The Kier molecular flexibility index (Phi) is 5.14. The Morgan fingerprint density at radius 1 is 1.36 bits per heavy atom. The van der Waals surface area contributed by atoms with E-state index in [1.165, 1.54) is 12.1 Å². The summed E-state index contributed by atoms with van der Waals surface area (Å²) in [6.07, 6.45) is 1.22. The molecule has 0 aliphatic carbocycles. The van der Waals surface area contributed by atoms with Gasteiger partial charge < -0.3 is 15.8 Å². The smallest absolute Gasteiger partial charge is 0.275 e. The summed E-state index contributed by atoms with van der Waals surface area (Å²) in [6, 6.07) is 4.22. The number of rotatable bonds is 4. The summed E-state index contributed by atoms with van der Waals surface area (Å²) in [5.41, 5.74) is 4.91. The van der Waals surface area contributed by atoms with Crippen LogP contribution in [0.25, 0.3) is 11.1 Å². The molecule has 1 aliphatic heterocycles. The zero-order chi connectivity index (χ0) is 18.0. The Balaban J connectivity index is 2.14. The lowest BCUT2D eigenvalue weighted by molar-refractivity contribution is 0.0982. The molecule has 3 rings (SSSR count). The van der Waals surface area contributed by atoms with E-state index in [0.717, 1.165) is 13.1 Å². The van der Waals surface area contributed by atoms with Crippen molar-refractivity contribution in [2.24, 2.45) is 5.73 Å². The molecule has 1 aromatic heterocycles. The fourth-order valence-corrected chi connectivity index (χ4v) is 2.96. The van der Waals surface area contributed by atoms with Gasteiger partial charge >= 0.3 is 0 Å². The minimum atomic E-state index is -0.834. The molecule has 0 atom stereocenters. The first-order valence-corrected chi connectivity index (χ1v) is 8.52. The predicted molar refractivity (Wildman–Crippen MR) is 93.0 cm³/mol. The van der Waals surface area contributed by atoms with Crippen LogP contribution in [0.2, 0.25) is 0 Å². The molecule has 0 saturated carbocycles. The Labute approximate surface area is 150 Å². The van der Waals surface area contributed by atoms with Crippen LogP contribution in [0.4, 0.5) is 4.39 Å². The van der Waals surface area contributed by atoms with E-state index in [9.17, 15) is 14.0 Å². The second kappa shape index (κ2) is 7.32. The molecule has 7 nitrogen and oxygen atoms in total. The fourth-order valence-electron chi connectivity index (χ4n) is 2.71. The molecule has 25 heavy (non-hydrogen) atoms. The Hall–Kier alpha value is -2.26.